The van der Waals surface area contributed by atoms with Crippen LogP contribution in [0.2, 0.25) is 0 Å². The predicted molar refractivity (Wildman–Crippen MR) is 104 cm³/mol. The zero-order valence-corrected chi connectivity index (χ0v) is 16.1. The second-order valence-electron chi connectivity index (χ2n) is 6.73. The Morgan fingerprint density at radius 1 is 1.19 bits per heavy atom. The summed E-state index contributed by atoms with van der Waals surface area (Å²) in [5.41, 5.74) is 5.15. The summed E-state index contributed by atoms with van der Waals surface area (Å²) < 4.78 is 0.999. The molecular formula is C20H20BrN3O2. The first kappa shape index (κ1) is 17.2. The van der Waals surface area contributed by atoms with E-state index in [2.05, 4.69) is 21.4 Å². The Balaban J connectivity index is 1.47. The van der Waals surface area contributed by atoms with Crippen molar-refractivity contribution in [2.24, 2.45) is 4.99 Å². The number of likely N-dealkylation sites (tertiary alicyclic amines) is 1. The Bertz CT molecular complexity index is 873. The maximum absolute atomic E-state index is 12.8. The van der Waals surface area contributed by atoms with Gasteiger partial charge >= 0.3 is 0 Å². The van der Waals surface area contributed by atoms with Gasteiger partial charge in [0.05, 0.1) is 0 Å². The van der Waals surface area contributed by atoms with Crippen molar-refractivity contribution in [3.05, 3.63) is 69.7 Å². The van der Waals surface area contributed by atoms with E-state index in [-0.39, 0.29) is 5.91 Å². The van der Waals surface area contributed by atoms with Crippen LogP contribution in [-0.2, 0) is 4.84 Å². The van der Waals surface area contributed by atoms with Crippen molar-refractivity contribution >= 4 is 27.7 Å². The van der Waals surface area contributed by atoms with Crippen molar-refractivity contribution in [3.8, 4) is 0 Å². The number of rotatable bonds is 2. The number of benzene rings is 2. The van der Waals surface area contributed by atoms with Gasteiger partial charge < -0.3 is 4.90 Å². The monoisotopic (exact) mass is 413 g/mol. The van der Waals surface area contributed by atoms with Crippen molar-refractivity contribution in [2.75, 3.05) is 13.1 Å². The SMILES string of the molecule is Cc1ccccc1C(=O)N1CCC2(CC1)N=C(c1cccc(Br)c1)NO2. The summed E-state index contributed by atoms with van der Waals surface area (Å²) in [6.45, 7) is 3.23. The van der Waals surface area contributed by atoms with E-state index in [1.54, 1.807) is 0 Å². The van der Waals surface area contributed by atoms with Crippen LogP contribution in [0.3, 0.4) is 0 Å². The van der Waals surface area contributed by atoms with Gasteiger partial charge in [0.15, 0.2) is 11.6 Å². The quantitative estimate of drug-likeness (QED) is 0.816. The van der Waals surface area contributed by atoms with E-state index >= 15 is 0 Å². The first-order valence-electron chi connectivity index (χ1n) is 8.71. The first-order chi connectivity index (χ1) is 12.6. The van der Waals surface area contributed by atoms with Crippen molar-refractivity contribution in [3.63, 3.8) is 0 Å². The normalized spacial score (nSPS) is 18.5. The molecule has 5 nitrogen and oxygen atoms in total. The van der Waals surface area contributed by atoms with E-state index in [0.717, 1.165) is 27.0 Å². The van der Waals surface area contributed by atoms with Crippen LogP contribution in [0.4, 0.5) is 0 Å². The number of carbonyl (C=O) groups excluding carboxylic acids is 1. The molecule has 6 heteroatoms. The summed E-state index contributed by atoms with van der Waals surface area (Å²) in [5, 5.41) is 0. The van der Waals surface area contributed by atoms with Gasteiger partial charge in [-0.2, -0.15) is 0 Å². The molecule has 2 aliphatic rings. The van der Waals surface area contributed by atoms with E-state index in [1.165, 1.54) is 0 Å². The Morgan fingerprint density at radius 3 is 2.69 bits per heavy atom. The van der Waals surface area contributed by atoms with Gasteiger partial charge in [-0.15, -0.1) is 0 Å². The third-order valence-corrected chi connectivity index (χ3v) is 5.45. The van der Waals surface area contributed by atoms with Crippen LogP contribution in [0.15, 0.2) is 58.0 Å². The Labute approximate surface area is 161 Å². The smallest absolute Gasteiger partial charge is 0.254 e. The molecule has 1 N–H and O–H groups in total. The molecular weight excluding hydrogens is 394 g/mol. The van der Waals surface area contributed by atoms with Gasteiger partial charge in [0, 0.05) is 41.5 Å². The van der Waals surface area contributed by atoms with Gasteiger partial charge in [0.25, 0.3) is 5.91 Å². The number of nitrogens with one attached hydrogen (secondary N) is 1. The highest BCUT2D eigenvalue weighted by Gasteiger charge is 2.41. The van der Waals surface area contributed by atoms with E-state index in [1.807, 2.05) is 60.4 Å². The zero-order valence-electron chi connectivity index (χ0n) is 14.5. The van der Waals surface area contributed by atoms with E-state index < -0.39 is 5.72 Å². The minimum atomic E-state index is -0.583. The average molecular weight is 414 g/mol. The molecule has 2 aromatic carbocycles. The number of halogens is 1. The number of hydrogen-bond acceptors (Lipinski definition) is 4. The number of carbonyl (C=O) groups is 1. The molecule has 2 heterocycles. The molecule has 0 radical (unpaired) electrons. The van der Waals surface area contributed by atoms with E-state index in [4.69, 9.17) is 9.83 Å². The minimum Gasteiger partial charge on any atom is -0.338 e. The van der Waals surface area contributed by atoms with Crippen LogP contribution in [0.25, 0.3) is 0 Å². The number of aliphatic imine (C=N–C) groups is 1. The second kappa shape index (κ2) is 6.85. The van der Waals surface area contributed by atoms with Crippen LogP contribution < -0.4 is 5.48 Å². The number of piperidine rings is 1. The van der Waals surface area contributed by atoms with Crippen molar-refractivity contribution in [1.82, 2.24) is 10.4 Å². The van der Waals surface area contributed by atoms with Gasteiger partial charge in [-0.05, 0) is 30.7 Å². The van der Waals surface area contributed by atoms with Crippen LogP contribution >= 0.6 is 15.9 Å². The van der Waals surface area contributed by atoms with Crippen molar-refractivity contribution < 1.29 is 9.63 Å². The molecule has 1 fully saturated rings. The fraction of sp³-hybridized carbons (Fsp3) is 0.300. The molecule has 1 spiro atoms. The Morgan fingerprint density at radius 2 is 1.96 bits per heavy atom. The highest BCUT2D eigenvalue weighted by molar-refractivity contribution is 9.10. The molecule has 0 unspecified atom stereocenters. The lowest BCUT2D eigenvalue weighted by Gasteiger charge is -2.35. The van der Waals surface area contributed by atoms with Crippen molar-refractivity contribution in [1.29, 1.82) is 0 Å². The summed E-state index contributed by atoms with van der Waals surface area (Å²) >= 11 is 3.48. The van der Waals surface area contributed by atoms with Gasteiger partial charge in [0.1, 0.15) is 0 Å². The topological polar surface area (TPSA) is 53.9 Å². The molecule has 0 saturated carbocycles. The molecule has 1 amide bonds. The van der Waals surface area contributed by atoms with Crippen LogP contribution in [-0.4, -0.2) is 35.5 Å². The van der Waals surface area contributed by atoms with Gasteiger partial charge in [0.2, 0.25) is 0 Å². The third-order valence-electron chi connectivity index (χ3n) is 4.96. The zero-order chi connectivity index (χ0) is 18.1. The molecule has 4 rings (SSSR count). The molecule has 2 aliphatic heterocycles. The number of amides is 1. The highest BCUT2D eigenvalue weighted by Crippen LogP contribution is 2.32. The fourth-order valence-corrected chi connectivity index (χ4v) is 3.81. The molecule has 0 aliphatic carbocycles. The van der Waals surface area contributed by atoms with Crippen LogP contribution in [0, 0.1) is 6.92 Å². The van der Waals surface area contributed by atoms with E-state index in [0.29, 0.717) is 25.9 Å². The summed E-state index contributed by atoms with van der Waals surface area (Å²) in [7, 11) is 0. The molecule has 2 aromatic rings. The molecule has 1 saturated heterocycles. The van der Waals surface area contributed by atoms with Gasteiger partial charge in [-0.3, -0.25) is 4.79 Å². The number of aryl methyl sites for hydroxylation is 1. The number of amidine groups is 1. The number of hydroxylamine groups is 1. The standard InChI is InChI=1S/C20H20BrN3O2/c1-14-5-2-3-8-17(14)19(25)24-11-9-20(10-12-24)22-18(23-26-20)15-6-4-7-16(21)13-15/h2-8,13H,9-12H2,1H3,(H,22,23). The predicted octanol–water partition coefficient (Wildman–Crippen LogP) is 3.67. The summed E-state index contributed by atoms with van der Waals surface area (Å²) in [6, 6.07) is 15.7. The second-order valence-corrected chi connectivity index (χ2v) is 7.64. The maximum atomic E-state index is 12.8. The lowest BCUT2D eigenvalue weighted by atomic mass is 9.99. The molecule has 0 aromatic heterocycles. The lowest BCUT2D eigenvalue weighted by Crippen LogP contribution is -2.46. The minimum absolute atomic E-state index is 0.0834. The van der Waals surface area contributed by atoms with Crippen molar-refractivity contribution in [2.45, 2.75) is 25.5 Å². The Kier molecular flexibility index (Phi) is 4.54. The summed E-state index contributed by atoms with van der Waals surface area (Å²) in [5.74, 6) is 0.824. The molecule has 134 valence electrons. The molecule has 26 heavy (non-hydrogen) atoms. The van der Waals surface area contributed by atoms with E-state index in [9.17, 15) is 4.79 Å². The highest BCUT2D eigenvalue weighted by atomic mass is 79.9. The number of hydrogen-bond donors (Lipinski definition) is 1. The summed E-state index contributed by atoms with van der Waals surface area (Å²) in [6.07, 6.45) is 1.35. The average Bonchev–Trinajstić information content (AvgIpc) is 3.06. The third kappa shape index (κ3) is 3.27. The lowest BCUT2D eigenvalue weighted by molar-refractivity contribution is -0.0849. The largest absolute Gasteiger partial charge is 0.338 e. The Hall–Kier alpha value is -2.18. The fourth-order valence-electron chi connectivity index (χ4n) is 3.41. The maximum Gasteiger partial charge on any atom is 0.254 e. The molecule has 0 bridgehead atoms. The number of nitrogens with zero attached hydrogens (tertiary/aromatic N) is 2. The van der Waals surface area contributed by atoms with Gasteiger partial charge in [-0.1, -0.05) is 46.3 Å². The van der Waals surface area contributed by atoms with Gasteiger partial charge in [-0.25, -0.2) is 15.3 Å². The van der Waals surface area contributed by atoms with Crippen LogP contribution in [0.1, 0.15) is 34.3 Å². The summed E-state index contributed by atoms with van der Waals surface area (Å²) in [4.78, 5) is 25.3. The molecule has 0 atom stereocenters. The first-order valence-corrected chi connectivity index (χ1v) is 9.50. The van der Waals surface area contributed by atoms with Crippen LogP contribution in [0.5, 0.6) is 0 Å².